The molecule has 0 aromatic carbocycles. The van der Waals surface area contributed by atoms with Gasteiger partial charge in [-0.2, -0.15) is 0 Å². The van der Waals surface area contributed by atoms with Crippen LogP contribution in [0.25, 0.3) is 10.2 Å². The molecule has 1 aliphatic heterocycles. The van der Waals surface area contributed by atoms with Crippen LogP contribution in [0.4, 0.5) is 5.82 Å². The van der Waals surface area contributed by atoms with Gasteiger partial charge in [0.1, 0.15) is 30.3 Å². The number of ether oxygens (including phenoxy) is 1. The topological polar surface area (TPSA) is 42.7 Å². The van der Waals surface area contributed by atoms with E-state index in [4.69, 9.17) is 14.7 Å². The highest BCUT2D eigenvalue weighted by molar-refractivity contribution is 7.19. The molecule has 0 bridgehead atoms. The number of fused-ring (bicyclic) bond motifs is 3. The molecule has 142 valence electrons. The van der Waals surface area contributed by atoms with Gasteiger partial charge < -0.3 is 14.5 Å². The van der Waals surface area contributed by atoms with E-state index in [2.05, 4.69) is 29.5 Å². The van der Waals surface area contributed by atoms with E-state index in [0.29, 0.717) is 0 Å². The number of aromatic nitrogens is 2. The average Bonchev–Trinajstić information content (AvgIpc) is 3.39. The average molecular weight is 402 g/mol. The van der Waals surface area contributed by atoms with Crippen molar-refractivity contribution in [1.82, 2.24) is 9.97 Å². The first-order chi connectivity index (χ1) is 13.3. The maximum absolute atomic E-state index is 5.50. The van der Waals surface area contributed by atoms with Gasteiger partial charge in [-0.3, -0.25) is 0 Å². The van der Waals surface area contributed by atoms with Crippen LogP contribution in [-0.2, 0) is 30.7 Å². The van der Waals surface area contributed by atoms with Crippen LogP contribution in [0.15, 0.2) is 17.5 Å². The highest BCUT2D eigenvalue weighted by Gasteiger charge is 2.25. The number of rotatable bonds is 5. The summed E-state index contributed by atoms with van der Waals surface area (Å²) in [6.45, 7) is 5.57. The number of hydrogen-bond acceptors (Lipinski definition) is 6. The summed E-state index contributed by atoms with van der Waals surface area (Å²) in [5, 5.41) is 3.46. The van der Waals surface area contributed by atoms with Crippen molar-refractivity contribution in [1.29, 1.82) is 0 Å². The summed E-state index contributed by atoms with van der Waals surface area (Å²) in [6, 6.07) is 4.33. The van der Waals surface area contributed by atoms with E-state index in [-0.39, 0.29) is 0 Å². The molecule has 0 amide bonds. The Hall–Kier alpha value is -1.54. The maximum atomic E-state index is 5.50. The van der Waals surface area contributed by atoms with E-state index in [1.165, 1.54) is 49.7 Å². The largest absolute Gasteiger partial charge is 0.370 e. The molecule has 0 saturated carbocycles. The lowest BCUT2D eigenvalue weighted by atomic mass is 10.2. The smallest absolute Gasteiger partial charge is 0.187 e. The normalized spacial score (nSPS) is 17.5. The number of aryl methyl sites for hydroxylation is 2. The Balaban J connectivity index is 1.53. The summed E-state index contributed by atoms with van der Waals surface area (Å²) in [4.78, 5) is 18.0. The molecule has 5 nitrogen and oxygen atoms in total. The second kappa shape index (κ2) is 7.47. The molecule has 0 radical (unpaired) electrons. The zero-order valence-corrected chi connectivity index (χ0v) is 17.3. The number of quaternary nitrogens is 1. The third-order valence-electron chi connectivity index (χ3n) is 5.53. The first-order valence-corrected chi connectivity index (χ1v) is 11.4. The molecule has 0 spiro atoms. The summed E-state index contributed by atoms with van der Waals surface area (Å²) < 4.78 is 5.50. The van der Waals surface area contributed by atoms with Gasteiger partial charge in [-0.25, -0.2) is 9.97 Å². The van der Waals surface area contributed by atoms with Gasteiger partial charge >= 0.3 is 0 Å². The number of anilines is 1. The molecule has 4 heterocycles. The van der Waals surface area contributed by atoms with Gasteiger partial charge in [0, 0.05) is 16.8 Å². The summed E-state index contributed by atoms with van der Waals surface area (Å²) in [5.74, 6) is 2.10. The van der Waals surface area contributed by atoms with Gasteiger partial charge in [0.15, 0.2) is 5.82 Å². The van der Waals surface area contributed by atoms with Crippen molar-refractivity contribution in [2.75, 3.05) is 38.3 Å². The van der Waals surface area contributed by atoms with E-state index in [9.17, 15) is 0 Å². The predicted molar refractivity (Wildman–Crippen MR) is 111 cm³/mol. The SMILES string of the molecule is CN(Cc1cccs1)c1nc(C[NH+]2CCOCC2)nc2sc3c(c12)CCC3. The maximum Gasteiger partial charge on any atom is 0.187 e. The van der Waals surface area contributed by atoms with E-state index in [0.717, 1.165) is 51.0 Å². The van der Waals surface area contributed by atoms with E-state index in [1.807, 2.05) is 22.7 Å². The second-order valence-corrected chi connectivity index (χ2v) is 9.59. The molecule has 1 fully saturated rings. The third-order valence-corrected chi connectivity index (χ3v) is 7.58. The Bertz CT molecular complexity index is 931. The van der Waals surface area contributed by atoms with E-state index < -0.39 is 0 Å². The second-order valence-electron chi connectivity index (χ2n) is 7.48. The quantitative estimate of drug-likeness (QED) is 0.712. The minimum absolute atomic E-state index is 0.843. The number of morpholine rings is 1. The monoisotopic (exact) mass is 401 g/mol. The molecule has 0 atom stereocenters. The van der Waals surface area contributed by atoms with Gasteiger partial charge in [0.25, 0.3) is 0 Å². The standard InChI is InChI=1S/C20H24N4OS2/c1-23(12-14-4-3-11-26-14)19-18-15-5-2-6-16(15)27-20(18)22-17(21-19)13-24-7-9-25-10-8-24/h3-4,11H,2,5-10,12-13H2,1H3/p+1. The lowest BCUT2D eigenvalue weighted by Gasteiger charge is -2.24. The Morgan fingerprint density at radius 3 is 2.93 bits per heavy atom. The number of hydrogen-bond donors (Lipinski definition) is 1. The van der Waals surface area contributed by atoms with Gasteiger partial charge in [-0.05, 0) is 36.3 Å². The fraction of sp³-hybridized carbons (Fsp3) is 0.500. The van der Waals surface area contributed by atoms with Gasteiger partial charge in [0.05, 0.1) is 25.1 Å². The van der Waals surface area contributed by atoms with E-state index in [1.54, 1.807) is 0 Å². The fourth-order valence-electron chi connectivity index (χ4n) is 4.15. The minimum atomic E-state index is 0.843. The molecule has 5 rings (SSSR count). The van der Waals surface area contributed by atoms with Crippen molar-refractivity contribution in [2.45, 2.75) is 32.4 Å². The zero-order valence-electron chi connectivity index (χ0n) is 15.7. The lowest BCUT2D eigenvalue weighted by Crippen LogP contribution is -3.12. The van der Waals surface area contributed by atoms with Crippen LogP contribution in [0.2, 0.25) is 0 Å². The zero-order chi connectivity index (χ0) is 18.2. The molecule has 7 heteroatoms. The number of nitrogens with zero attached hydrogens (tertiary/aromatic N) is 3. The lowest BCUT2D eigenvalue weighted by molar-refractivity contribution is -0.922. The van der Waals surface area contributed by atoms with Crippen molar-refractivity contribution in [3.05, 3.63) is 38.7 Å². The highest BCUT2D eigenvalue weighted by Crippen LogP contribution is 2.40. The number of nitrogens with one attached hydrogen (secondary N) is 1. The first kappa shape index (κ1) is 17.6. The third kappa shape index (κ3) is 3.49. The van der Waals surface area contributed by atoms with Crippen molar-refractivity contribution in [3.63, 3.8) is 0 Å². The highest BCUT2D eigenvalue weighted by atomic mass is 32.1. The summed E-state index contributed by atoms with van der Waals surface area (Å²) in [5.41, 5.74) is 1.51. The van der Waals surface area contributed by atoms with E-state index >= 15 is 0 Å². The minimum Gasteiger partial charge on any atom is -0.370 e. The molecule has 3 aromatic heterocycles. The van der Waals surface area contributed by atoms with Crippen LogP contribution in [0, 0.1) is 0 Å². The van der Waals surface area contributed by atoms with Crippen LogP contribution in [-0.4, -0.2) is 43.3 Å². The van der Waals surface area contributed by atoms with Crippen LogP contribution in [0.5, 0.6) is 0 Å². The van der Waals surface area contributed by atoms with Crippen LogP contribution in [0.3, 0.4) is 0 Å². The number of thiophene rings is 2. The predicted octanol–water partition coefficient (Wildman–Crippen LogP) is 2.29. The Kier molecular flexibility index (Phi) is 4.85. The van der Waals surface area contributed by atoms with Crippen molar-refractivity contribution >= 4 is 38.7 Å². The molecule has 1 aliphatic carbocycles. The first-order valence-electron chi connectivity index (χ1n) is 9.74. The molecule has 1 saturated heterocycles. The molecular formula is C20H25N4OS2+. The Morgan fingerprint density at radius 2 is 2.11 bits per heavy atom. The van der Waals surface area contributed by atoms with Gasteiger partial charge in [-0.15, -0.1) is 22.7 Å². The molecule has 0 unspecified atom stereocenters. The molecule has 27 heavy (non-hydrogen) atoms. The van der Waals surface area contributed by atoms with Crippen LogP contribution >= 0.6 is 22.7 Å². The van der Waals surface area contributed by atoms with Gasteiger partial charge in [0.2, 0.25) is 0 Å². The molecule has 1 N–H and O–H groups in total. The van der Waals surface area contributed by atoms with Crippen LogP contribution in [0.1, 0.15) is 27.6 Å². The van der Waals surface area contributed by atoms with Crippen LogP contribution < -0.4 is 9.80 Å². The molecule has 2 aliphatic rings. The van der Waals surface area contributed by atoms with Crippen molar-refractivity contribution < 1.29 is 9.64 Å². The summed E-state index contributed by atoms with van der Waals surface area (Å²) in [7, 11) is 2.17. The van der Waals surface area contributed by atoms with Crippen molar-refractivity contribution in [3.8, 4) is 0 Å². The Morgan fingerprint density at radius 1 is 1.22 bits per heavy atom. The summed E-state index contributed by atoms with van der Waals surface area (Å²) in [6.07, 6.45) is 3.64. The van der Waals surface area contributed by atoms with Gasteiger partial charge in [-0.1, -0.05) is 6.07 Å². The Labute approximate surface area is 167 Å². The fourth-order valence-corrected chi connectivity index (χ4v) is 6.18. The molecular weight excluding hydrogens is 376 g/mol. The van der Waals surface area contributed by atoms with Crippen molar-refractivity contribution in [2.24, 2.45) is 0 Å². The summed E-state index contributed by atoms with van der Waals surface area (Å²) >= 11 is 3.70. The molecule has 3 aromatic rings.